The molecular weight excluding hydrogens is 330 g/mol. The lowest BCUT2D eigenvalue weighted by Crippen LogP contribution is -2.18. The fourth-order valence-corrected chi connectivity index (χ4v) is 2.27. The van der Waals surface area contributed by atoms with Crippen molar-refractivity contribution in [1.82, 2.24) is 5.32 Å². The summed E-state index contributed by atoms with van der Waals surface area (Å²) >= 11 is 0. The van der Waals surface area contributed by atoms with E-state index in [9.17, 15) is 10.1 Å². The molecule has 0 aliphatic heterocycles. The number of para-hydroxylation sites is 2. The van der Waals surface area contributed by atoms with E-state index in [4.69, 9.17) is 9.47 Å². The van der Waals surface area contributed by atoms with Gasteiger partial charge in [-0.05, 0) is 36.2 Å². The monoisotopic (exact) mass is 351 g/mol. The van der Waals surface area contributed by atoms with Gasteiger partial charge >= 0.3 is 0 Å². The van der Waals surface area contributed by atoms with Crippen molar-refractivity contribution in [3.8, 4) is 17.6 Å². The van der Waals surface area contributed by atoms with Gasteiger partial charge in [-0.15, -0.1) is 0 Å². The molecule has 0 saturated carbocycles. The van der Waals surface area contributed by atoms with E-state index >= 15 is 0 Å². The molecule has 6 nitrogen and oxygen atoms in total. The molecule has 2 N–H and O–H groups in total. The quantitative estimate of drug-likeness (QED) is 0.434. The van der Waals surface area contributed by atoms with E-state index in [1.807, 2.05) is 30.3 Å². The Morgan fingerprint density at radius 3 is 2.50 bits per heavy atom. The van der Waals surface area contributed by atoms with Crippen LogP contribution in [0.25, 0.3) is 0 Å². The van der Waals surface area contributed by atoms with Crippen LogP contribution in [0.3, 0.4) is 0 Å². The maximum absolute atomic E-state index is 12.2. The Kier molecular flexibility index (Phi) is 7.07. The molecule has 0 radical (unpaired) electrons. The third-order valence-corrected chi connectivity index (χ3v) is 3.68. The number of nitrogens with zero attached hydrogens (tertiary/aromatic N) is 1. The van der Waals surface area contributed by atoms with Crippen LogP contribution in [0.15, 0.2) is 60.3 Å². The molecule has 0 fully saturated rings. The zero-order valence-corrected chi connectivity index (χ0v) is 14.8. The number of nitriles is 1. The van der Waals surface area contributed by atoms with Crippen LogP contribution in [0.4, 0.5) is 5.69 Å². The van der Waals surface area contributed by atoms with Crippen LogP contribution >= 0.6 is 0 Å². The van der Waals surface area contributed by atoms with Crippen LogP contribution < -0.4 is 20.1 Å². The van der Waals surface area contributed by atoms with E-state index in [0.29, 0.717) is 18.0 Å². The number of anilines is 1. The lowest BCUT2D eigenvalue weighted by Gasteiger charge is -2.09. The van der Waals surface area contributed by atoms with Gasteiger partial charge < -0.3 is 20.1 Å². The zero-order chi connectivity index (χ0) is 18.8. The number of amides is 1. The first-order chi connectivity index (χ1) is 12.7. The largest absolute Gasteiger partial charge is 0.497 e. The summed E-state index contributed by atoms with van der Waals surface area (Å²) in [4.78, 5) is 12.2. The molecule has 0 saturated heterocycles. The average Bonchev–Trinajstić information content (AvgIpc) is 2.68. The number of hydrogen-bond donors (Lipinski definition) is 2. The van der Waals surface area contributed by atoms with Gasteiger partial charge in [-0.25, -0.2) is 0 Å². The third kappa shape index (κ3) is 5.28. The highest BCUT2D eigenvalue weighted by Crippen LogP contribution is 2.23. The van der Waals surface area contributed by atoms with Gasteiger partial charge in [-0.3, -0.25) is 4.79 Å². The molecule has 134 valence electrons. The Bertz CT molecular complexity index is 808. The van der Waals surface area contributed by atoms with Gasteiger partial charge in [0.05, 0.1) is 19.9 Å². The standard InChI is InChI=1S/C20H21N3O3/c1-25-17-9-7-15(8-10-17)11-12-22-14-16(13-21)20(24)23-18-5-3-4-6-19(18)26-2/h3-10,14,22H,11-12H2,1-2H3,(H,23,24)/b16-14-. The maximum Gasteiger partial charge on any atom is 0.267 e. The first-order valence-electron chi connectivity index (χ1n) is 8.09. The molecule has 26 heavy (non-hydrogen) atoms. The van der Waals surface area contributed by atoms with Crippen LogP contribution in [-0.4, -0.2) is 26.7 Å². The number of ether oxygens (including phenoxy) is 2. The number of rotatable bonds is 8. The number of benzene rings is 2. The summed E-state index contributed by atoms with van der Waals surface area (Å²) in [6.07, 6.45) is 2.18. The lowest BCUT2D eigenvalue weighted by atomic mass is 10.1. The molecule has 0 unspecified atom stereocenters. The predicted molar refractivity (Wildman–Crippen MR) is 100 cm³/mol. The van der Waals surface area contributed by atoms with Crippen molar-refractivity contribution in [2.75, 3.05) is 26.1 Å². The van der Waals surface area contributed by atoms with E-state index < -0.39 is 5.91 Å². The van der Waals surface area contributed by atoms with E-state index in [1.165, 1.54) is 13.3 Å². The van der Waals surface area contributed by atoms with Crippen LogP contribution in [0, 0.1) is 11.3 Å². The van der Waals surface area contributed by atoms with Gasteiger partial charge in [0, 0.05) is 12.7 Å². The van der Waals surface area contributed by atoms with Crippen molar-refractivity contribution in [1.29, 1.82) is 5.26 Å². The fraction of sp³-hybridized carbons (Fsp3) is 0.200. The van der Waals surface area contributed by atoms with Gasteiger partial charge in [0.25, 0.3) is 5.91 Å². The molecule has 2 rings (SSSR count). The van der Waals surface area contributed by atoms with Gasteiger partial charge in [-0.2, -0.15) is 5.26 Å². The van der Waals surface area contributed by atoms with Crippen molar-refractivity contribution in [2.24, 2.45) is 0 Å². The minimum Gasteiger partial charge on any atom is -0.497 e. The number of carbonyl (C=O) groups excluding carboxylic acids is 1. The van der Waals surface area contributed by atoms with Gasteiger partial charge in [0.1, 0.15) is 23.1 Å². The second-order valence-electron chi connectivity index (χ2n) is 5.38. The van der Waals surface area contributed by atoms with E-state index in [2.05, 4.69) is 10.6 Å². The Morgan fingerprint density at radius 2 is 1.85 bits per heavy atom. The minimum absolute atomic E-state index is 0.00867. The normalized spacial score (nSPS) is 10.6. The molecule has 0 heterocycles. The summed E-state index contributed by atoms with van der Waals surface area (Å²) in [6, 6.07) is 16.7. The Labute approximate surface area is 153 Å². The fourth-order valence-electron chi connectivity index (χ4n) is 2.27. The highest BCUT2D eigenvalue weighted by Gasteiger charge is 2.11. The first kappa shape index (κ1) is 18.9. The molecule has 1 amide bonds. The summed E-state index contributed by atoms with van der Waals surface area (Å²) in [5.41, 5.74) is 1.63. The second-order valence-corrected chi connectivity index (χ2v) is 5.38. The first-order valence-corrected chi connectivity index (χ1v) is 8.09. The molecular formula is C20H21N3O3. The van der Waals surface area contributed by atoms with Crippen LogP contribution in [0.2, 0.25) is 0 Å². The summed E-state index contributed by atoms with van der Waals surface area (Å²) in [5.74, 6) is 0.848. The van der Waals surface area contributed by atoms with Gasteiger partial charge in [-0.1, -0.05) is 24.3 Å². The molecule has 0 bridgehead atoms. The summed E-state index contributed by atoms with van der Waals surface area (Å²) in [5, 5.41) is 14.9. The number of nitrogens with one attached hydrogen (secondary N) is 2. The van der Waals surface area contributed by atoms with Crippen LogP contribution in [0.1, 0.15) is 5.56 Å². The Hall–Kier alpha value is -3.46. The third-order valence-electron chi connectivity index (χ3n) is 3.68. The molecule has 0 aliphatic carbocycles. The minimum atomic E-state index is -0.492. The number of methoxy groups -OCH3 is 2. The molecule has 0 aromatic heterocycles. The van der Waals surface area contributed by atoms with Gasteiger partial charge in [0.2, 0.25) is 0 Å². The summed E-state index contributed by atoms with van der Waals surface area (Å²) < 4.78 is 10.3. The Morgan fingerprint density at radius 1 is 1.12 bits per heavy atom. The average molecular weight is 351 g/mol. The molecule has 0 aliphatic rings. The van der Waals surface area contributed by atoms with Crippen molar-refractivity contribution in [2.45, 2.75) is 6.42 Å². The van der Waals surface area contributed by atoms with Crippen molar-refractivity contribution in [3.05, 3.63) is 65.9 Å². The number of hydrogen-bond acceptors (Lipinski definition) is 5. The zero-order valence-electron chi connectivity index (χ0n) is 14.8. The van der Waals surface area contributed by atoms with Crippen molar-refractivity contribution in [3.63, 3.8) is 0 Å². The van der Waals surface area contributed by atoms with Crippen LogP contribution in [0.5, 0.6) is 11.5 Å². The van der Waals surface area contributed by atoms with E-state index in [1.54, 1.807) is 31.4 Å². The molecule has 2 aromatic rings. The summed E-state index contributed by atoms with van der Waals surface area (Å²) in [6.45, 7) is 0.597. The van der Waals surface area contributed by atoms with Crippen molar-refractivity contribution < 1.29 is 14.3 Å². The topological polar surface area (TPSA) is 83.4 Å². The smallest absolute Gasteiger partial charge is 0.267 e. The highest BCUT2D eigenvalue weighted by atomic mass is 16.5. The van der Waals surface area contributed by atoms with Gasteiger partial charge in [0.15, 0.2) is 0 Å². The van der Waals surface area contributed by atoms with Crippen molar-refractivity contribution >= 4 is 11.6 Å². The lowest BCUT2D eigenvalue weighted by molar-refractivity contribution is -0.112. The van der Waals surface area contributed by atoms with E-state index in [0.717, 1.165) is 17.7 Å². The Balaban J connectivity index is 1.90. The van der Waals surface area contributed by atoms with E-state index in [-0.39, 0.29) is 5.57 Å². The SMILES string of the molecule is COc1ccc(CCN/C=C(/C#N)C(=O)Nc2ccccc2OC)cc1. The molecule has 0 atom stereocenters. The number of carbonyl (C=O) groups is 1. The van der Waals surface area contributed by atoms with Crippen LogP contribution in [-0.2, 0) is 11.2 Å². The predicted octanol–water partition coefficient (Wildman–Crippen LogP) is 2.88. The maximum atomic E-state index is 12.2. The molecule has 2 aromatic carbocycles. The highest BCUT2D eigenvalue weighted by molar-refractivity contribution is 6.07. The molecule has 0 spiro atoms. The second kappa shape index (κ2) is 9.74. The summed E-state index contributed by atoms with van der Waals surface area (Å²) in [7, 11) is 3.15. The molecule has 6 heteroatoms.